The number of aliphatic hydroxyl groups excluding tert-OH is 2. The van der Waals surface area contributed by atoms with Crippen LogP contribution in [0.15, 0.2) is 23.0 Å². The Morgan fingerprint density at radius 3 is 2.46 bits per heavy atom. The summed E-state index contributed by atoms with van der Waals surface area (Å²) in [6, 6.07) is 1.90. The number of phenols is 1. The highest BCUT2D eigenvalue weighted by molar-refractivity contribution is 6.22. The third kappa shape index (κ3) is 3.60. The normalized spacial score (nSPS) is 25.8. The van der Waals surface area contributed by atoms with E-state index < -0.39 is 52.0 Å². The van der Waals surface area contributed by atoms with Crippen LogP contribution in [0.3, 0.4) is 0 Å². The Hall–Kier alpha value is -3.33. The molecule has 3 aliphatic carbocycles. The third-order valence-corrected chi connectivity index (χ3v) is 7.65. The number of aliphatic hydroxyl groups is 3. The first-order valence-electron chi connectivity index (χ1n) is 12.0. The molecular weight excluding hydrogens is 452 g/mol. The number of nitrogens with zero attached hydrogens (tertiary/aromatic N) is 1. The molecular formula is C26H32N2O7. The monoisotopic (exact) mass is 484 g/mol. The van der Waals surface area contributed by atoms with Gasteiger partial charge in [0.15, 0.2) is 11.4 Å². The largest absolute Gasteiger partial charge is 0.508 e. The standard InChI is InChI=1S/C26H32N2O7/c1-4-5-6-7-12-10-16(28(2)3)15-9-13-8-14-11-17(29)20(25(27)34)24(33)26(14,35)23(32)18(13)22(31)19(15)21(12)30/h10,13-14,30-31,33,35H,4-9,11H2,1-3H3,(H2,27,34)/t13-,14+,26+/m1/s1. The zero-order valence-corrected chi connectivity index (χ0v) is 20.2. The van der Waals surface area contributed by atoms with E-state index in [1.165, 1.54) is 0 Å². The van der Waals surface area contributed by atoms with Gasteiger partial charge in [-0.2, -0.15) is 0 Å². The number of anilines is 1. The minimum absolute atomic E-state index is 0.108. The molecule has 1 aromatic rings. The van der Waals surface area contributed by atoms with E-state index in [0.717, 1.165) is 24.9 Å². The van der Waals surface area contributed by atoms with E-state index >= 15 is 0 Å². The quantitative estimate of drug-likeness (QED) is 0.303. The average Bonchev–Trinajstić information content (AvgIpc) is 2.77. The Morgan fingerprint density at radius 1 is 1.17 bits per heavy atom. The lowest BCUT2D eigenvalue weighted by atomic mass is 9.59. The number of nitrogens with two attached hydrogens (primary N) is 1. The molecule has 1 saturated carbocycles. The maximum atomic E-state index is 13.6. The number of carbonyl (C=O) groups excluding carboxylic acids is 3. The number of hydrogen-bond acceptors (Lipinski definition) is 8. The summed E-state index contributed by atoms with van der Waals surface area (Å²) in [5, 5.41) is 44.5. The van der Waals surface area contributed by atoms with Crippen LogP contribution in [0.4, 0.5) is 5.69 Å². The number of primary amides is 1. The molecule has 6 N–H and O–H groups in total. The Morgan fingerprint density at radius 2 is 1.86 bits per heavy atom. The van der Waals surface area contributed by atoms with Crippen molar-refractivity contribution < 1.29 is 34.8 Å². The van der Waals surface area contributed by atoms with Crippen LogP contribution in [0.1, 0.15) is 55.7 Å². The first kappa shape index (κ1) is 24.8. The fraction of sp³-hybridized carbons (Fsp3) is 0.500. The predicted molar refractivity (Wildman–Crippen MR) is 129 cm³/mol. The highest BCUT2D eigenvalue weighted by atomic mass is 16.3. The number of phenolic OH excluding ortho intramolecular Hbond substituents is 1. The van der Waals surface area contributed by atoms with Crippen molar-refractivity contribution in [3.63, 3.8) is 0 Å². The maximum absolute atomic E-state index is 13.6. The van der Waals surface area contributed by atoms with Crippen LogP contribution >= 0.6 is 0 Å². The molecule has 0 bridgehead atoms. The number of amides is 1. The molecule has 0 aliphatic heterocycles. The molecule has 9 nitrogen and oxygen atoms in total. The summed E-state index contributed by atoms with van der Waals surface area (Å²) in [5.74, 6) is -6.07. The van der Waals surface area contributed by atoms with E-state index in [2.05, 4.69) is 6.92 Å². The van der Waals surface area contributed by atoms with Gasteiger partial charge >= 0.3 is 0 Å². The Kier molecular flexibility index (Phi) is 6.17. The molecule has 3 atom stereocenters. The summed E-state index contributed by atoms with van der Waals surface area (Å²) in [7, 11) is 3.72. The molecule has 4 rings (SSSR count). The van der Waals surface area contributed by atoms with Crippen molar-refractivity contribution in [1.82, 2.24) is 0 Å². The van der Waals surface area contributed by atoms with Gasteiger partial charge in [-0.05, 0) is 48.8 Å². The number of Topliss-reactive ketones (excluding diaryl/α,β-unsaturated/α-hetero) is 2. The molecule has 0 spiro atoms. The second-order valence-corrected chi connectivity index (χ2v) is 10.0. The second-order valence-electron chi connectivity index (χ2n) is 10.0. The molecule has 0 radical (unpaired) electrons. The van der Waals surface area contributed by atoms with Crippen LogP contribution < -0.4 is 10.6 Å². The van der Waals surface area contributed by atoms with Gasteiger partial charge in [-0.3, -0.25) is 14.4 Å². The molecule has 188 valence electrons. The molecule has 0 unspecified atom stereocenters. The minimum atomic E-state index is -2.55. The number of aryl methyl sites for hydroxylation is 1. The van der Waals surface area contributed by atoms with E-state index in [1.807, 2.05) is 25.1 Å². The number of benzene rings is 1. The molecule has 1 aromatic carbocycles. The van der Waals surface area contributed by atoms with Gasteiger partial charge in [0.2, 0.25) is 5.78 Å². The van der Waals surface area contributed by atoms with Crippen molar-refractivity contribution in [3.05, 3.63) is 39.7 Å². The second kappa shape index (κ2) is 8.71. The zero-order chi connectivity index (χ0) is 25.8. The van der Waals surface area contributed by atoms with Crippen LogP contribution in [-0.4, -0.2) is 57.6 Å². The van der Waals surface area contributed by atoms with E-state index in [0.29, 0.717) is 24.0 Å². The number of hydrogen-bond donors (Lipinski definition) is 5. The summed E-state index contributed by atoms with van der Waals surface area (Å²) in [6.07, 6.45) is 3.50. The molecule has 0 aromatic heterocycles. The SMILES string of the molecule is CCCCCc1cc(N(C)C)c2c(c1O)C(O)=C1C(=O)[C@]3(O)C(O)=C(C(N)=O)C(=O)C[C@@H]3C[C@@H]1C2. The topological polar surface area (TPSA) is 161 Å². The number of fused-ring (bicyclic) bond motifs is 3. The Balaban J connectivity index is 1.91. The average molecular weight is 485 g/mol. The van der Waals surface area contributed by atoms with Crippen LogP contribution in [0.25, 0.3) is 5.76 Å². The number of aromatic hydroxyl groups is 1. The van der Waals surface area contributed by atoms with Crippen LogP contribution in [0, 0.1) is 11.8 Å². The summed E-state index contributed by atoms with van der Waals surface area (Å²) >= 11 is 0. The van der Waals surface area contributed by atoms with Gasteiger partial charge in [-0.25, -0.2) is 0 Å². The third-order valence-electron chi connectivity index (χ3n) is 7.65. The summed E-state index contributed by atoms with van der Waals surface area (Å²) < 4.78 is 0. The fourth-order valence-electron chi connectivity index (χ4n) is 5.88. The smallest absolute Gasteiger partial charge is 0.255 e. The van der Waals surface area contributed by atoms with E-state index in [1.54, 1.807) is 0 Å². The lowest BCUT2D eigenvalue weighted by Gasteiger charge is -2.46. The van der Waals surface area contributed by atoms with E-state index in [-0.39, 0.29) is 29.7 Å². The number of carbonyl (C=O) groups is 3. The van der Waals surface area contributed by atoms with Gasteiger partial charge in [0.1, 0.15) is 22.8 Å². The molecule has 1 fully saturated rings. The number of rotatable bonds is 6. The lowest BCUT2D eigenvalue weighted by molar-refractivity contribution is -0.147. The van der Waals surface area contributed by atoms with Gasteiger partial charge < -0.3 is 31.1 Å². The van der Waals surface area contributed by atoms with Gasteiger partial charge in [0.05, 0.1) is 5.56 Å². The van der Waals surface area contributed by atoms with Gasteiger partial charge in [-0.15, -0.1) is 0 Å². The molecule has 0 saturated heterocycles. The van der Waals surface area contributed by atoms with Crippen LogP contribution in [-0.2, 0) is 27.2 Å². The van der Waals surface area contributed by atoms with Gasteiger partial charge in [0, 0.05) is 37.7 Å². The van der Waals surface area contributed by atoms with Crippen LogP contribution in [0.5, 0.6) is 5.75 Å². The highest BCUT2D eigenvalue weighted by Crippen LogP contribution is 2.53. The van der Waals surface area contributed by atoms with Crippen molar-refractivity contribution in [3.8, 4) is 5.75 Å². The molecule has 0 heterocycles. The fourth-order valence-corrected chi connectivity index (χ4v) is 5.88. The predicted octanol–water partition coefficient (Wildman–Crippen LogP) is 2.22. The lowest BCUT2D eigenvalue weighted by Crippen LogP contribution is -2.58. The van der Waals surface area contributed by atoms with Crippen molar-refractivity contribution >= 4 is 28.9 Å². The van der Waals surface area contributed by atoms with Crippen molar-refractivity contribution in [2.75, 3.05) is 19.0 Å². The van der Waals surface area contributed by atoms with E-state index in [4.69, 9.17) is 5.73 Å². The van der Waals surface area contributed by atoms with Crippen LogP contribution in [0.2, 0.25) is 0 Å². The van der Waals surface area contributed by atoms with Crippen molar-refractivity contribution in [1.29, 1.82) is 0 Å². The minimum Gasteiger partial charge on any atom is -0.508 e. The van der Waals surface area contributed by atoms with E-state index in [9.17, 15) is 34.8 Å². The molecule has 3 aliphatic rings. The summed E-state index contributed by atoms with van der Waals surface area (Å²) in [6.45, 7) is 2.08. The highest BCUT2D eigenvalue weighted by Gasteiger charge is 2.60. The molecule has 35 heavy (non-hydrogen) atoms. The summed E-state index contributed by atoms with van der Waals surface area (Å²) in [5.41, 5.74) is 4.05. The van der Waals surface area contributed by atoms with Crippen molar-refractivity contribution in [2.45, 2.75) is 57.5 Å². The van der Waals surface area contributed by atoms with Gasteiger partial charge in [-0.1, -0.05) is 19.8 Å². The molecule has 1 amide bonds. The first-order valence-corrected chi connectivity index (χ1v) is 12.0. The number of ketones is 2. The Bertz CT molecular complexity index is 1200. The molecule has 9 heteroatoms. The number of unbranched alkanes of at least 4 members (excludes halogenated alkanes) is 2. The Labute approximate surface area is 203 Å². The zero-order valence-electron chi connectivity index (χ0n) is 20.2. The summed E-state index contributed by atoms with van der Waals surface area (Å²) in [4.78, 5) is 39.7. The first-order chi connectivity index (χ1) is 16.4. The van der Waals surface area contributed by atoms with Crippen molar-refractivity contribution in [2.24, 2.45) is 17.6 Å². The van der Waals surface area contributed by atoms with Gasteiger partial charge in [0.25, 0.3) is 5.91 Å². The maximum Gasteiger partial charge on any atom is 0.255 e.